The first-order chi connectivity index (χ1) is 4.72. The molecule has 0 saturated carbocycles. The van der Waals surface area contributed by atoms with E-state index in [1.807, 2.05) is 0 Å². The van der Waals surface area contributed by atoms with Crippen molar-refractivity contribution in [3.05, 3.63) is 35.4 Å². The normalized spacial score (nSPS) is 11.2. The second-order valence-corrected chi connectivity index (χ2v) is 2.92. The quantitative estimate of drug-likeness (QED) is 0.606. The summed E-state index contributed by atoms with van der Waals surface area (Å²) in [6, 6.07) is 0. The van der Waals surface area contributed by atoms with Crippen LogP contribution in [0, 0.1) is 0 Å². The fourth-order valence-corrected chi connectivity index (χ4v) is 0.890. The fourth-order valence-electron chi connectivity index (χ4n) is 0.500. The zero-order valence-electron chi connectivity index (χ0n) is 6.36. The number of halogens is 1. The summed E-state index contributed by atoms with van der Waals surface area (Å²) in [6.07, 6.45) is 6.12. The number of hydrogen-bond acceptors (Lipinski definition) is 0. The monoisotopic (exact) mass is 200 g/mol. The SMILES string of the molecule is C=CC(=C)/C(Br)=C\CCC. The minimum absolute atomic E-state index is 0.952. The van der Waals surface area contributed by atoms with Crippen LogP contribution >= 0.6 is 15.9 Å². The highest BCUT2D eigenvalue weighted by Crippen LogP contribution is 2.16. The molecular weight excluding hydrogens is 188 g/mol. The smallest absolute Gasteiger partial charge is 0.0201 e. The van der Waals surface area contributed by atoms with Gasteiger partial charge in [0.15, 0.2) is 0 Å². The van der Waals surface area contributed by atoms with Gasteiger partial charge in [0, 0.05) is 4.48 Å². The molecule has 0 unspecified atom stereocenters. The van der Waals surface area contributed by atoms with Crippen LogP contribution in [0.15, 0.2) is 35.4 Å². The van der Waals surface area contributed by atoms with E-state index in [9.17, 15) is 0 Å². The predicted molar refractivity (Wildman–Crippen MR) is 51.3 cm³/mol. The molecule has 56 valence electrons. The second-order valence-electron chi connectivity index (χ2n) is 2.07. The van der Waals surface area contributed by atoms with Crippen molar-refractivity contribution in [1.82, 2.24) is 0 Å². The largest absolute Gasteiger partial charge is 0.0985 e. The molecule has 0 N–H and O–H groups in total. The first-order valence-electron chi connectivity index (χ1n) is 3.39. The van der Waals surface area contributed by atoms with Gasteiger partial charge in [0.25, 0.3) is 0 Å². The molecule has 0 aliphatic heterocycles. The van der Waals surface area contributed by atoms with E-state index in [-0.39, 0.29) is 0 Å². The van der Waals surface area contributed by atoms with Crippen LogP contribution in [0.1, 0.15) is 19.8 Å². The van der Waals surface area contributed by atoms with Gasteiger partial charge in [-0.1, -0.05) is 54.6 Å². The Kier molecular flexibility index (Phi) is 5.32. The molecule has 0 bridgehead atoms. The molecule has 0 aromatic rings. The van der Waals surface area contributed by atoms with Crippen LogP contribution in [-0.2, 0) is 0 Å². The van der Waals surface area contributed by atoms with E-state index >= 15 is 0 Å². The van der Waals surface area contributed by atoms with Crippen LogP contribution in [0.5, 0.6) is 0 Å². The van der Waals surface area contributed by atoms with Gasteiger partial charge in [-0.25, -0.2) is 0 Å². The molecule has 0 nitrogen and oxygen atoms in total. The van der Waals surface area contributed by atoms with Crippen LogP contribution in [0.2, 0.25) is 0 Å². The van der Waals surface area contributed by atoms with Gasteiger partial charge in [0.2, 0.25) is 0 Å². The van der Waals surface area contributed by atoms with E-state index in [0.717, 1.165) is 16.5 Å². The third-order valence-corrected chi connectivity index (χ3v) is 2.00. The first-order valence-corrected chi connectivity index (χ1v) is 4.19. The highest BCUT2D eigenvalue weighted by molar-refractivity contribution is 9.12. The van der Waals surface area contributed by atoms with Gasteiger partial charge in [-0.15, -0.1) is 0 Å². The molecule has 0 rings (SSSR count). The molecule has 0 aromatic carbocycles. The number of rotatable bonds is 4. The van der Waals surface area contributed by atoms with Crippen molar-refractivity contribution < 1.29 is 0 Å². The lowest BCUT2D eigenvalue weighted by molar-refractivity contribution is 0.957. The molecule has 1 heteroatoms. The van der Waals surface area contributed by atoms with E-state index in [4.69, 9.17) is 0 Å². The average molecular weight is 201 g/mol. The Morgan fingerprint density at radius 1 is 1.60 bits per heavy atom. The van der Waals surface area contributed by atoms with E-state index in [0.29, 0.717) is 0 Å². The van der Waals surface area contributed by atoms with Crippen molar-refractivity contribution in [2.45, 2.75) is 19.8 Å². The summed E-state index contributed by atoms with van der Waals surface area (Å²) in [5, 5.41) is 0. The number of unbranched alkanes of at least 4 members (excludes halogenated alkanes) is 1. The van der Waals surface area contributed by atoms with E-state index in [1.54, 1.807) is 6.08 Å². The van der Waals surface area contributed by atoms with Gasteiger partial charge in [-0.3, -0.25) is 0 Å². The topological polar surface area (TPSA) is 0 Å². The highest BCUT2D eigenvalue weighted by atomic mass is 79.9. The van der Waals surface area contributed by atoms with Crippen molar-refractivity contribution in [2.75, 3.05) is 0 Å². The lowest BCUT2D eigenvalue weighted by Crippen LogP contribution is -1.73. The number of allylic oxidation sites excluding steroid dienone is 4. The van der Waals surface area contributed by atoms with E-state index in [2.05, 4.69) is 42.1 Å². The fraction of sp³-hybridized carbons (Fsp3) is 0.333. The van der Waals surface area contributed by atoms with Crippen LogP contribution in [0.25, 0.3) is 0 Å². The molecule has 0 radical (unpaired) electrons. The maximum absolute atomic E-state index is 3.79. The molecule has 0 fully saturated rings. The van der Waals surface area contributed by atoms with Crippen LogP contribution < -0.4 is 0 Å². The molecule has 0 amide bonds. The van der Waals surface area contributed by atoms with Crippen LogP contribution in [0.4, 0.5) is 0 Å². The summed E-state index contributed by atoms with van der Waals surface area (Å²) in [5.74, 6) is 0. The zero-order valence-corrected chi connectivity index (χ0v) is 7.95. The van der Waals surface area contributed by atoms with Gasteiger partial charge in [0.1, 0.15) is 0 Å². The molecule has 0 saturated heterocycles. The Labute approximate surface area is 71.5 Å². The Bertz CT molecular complexity index is 154. The molecule has 0 aromatic heterocycles. The minimum atomic E-state index is 0.952. The van der Waals surface area contributed by atoms with Gasteiger partial charge >= 0.3 is 0 Å². The Morgan fingerprint density at radius 3 is 2.60 bits per heavy atom. The third kappa shape index (κ3) is 3.67. The lowest BCUT2D eigenvalue weighted by atomic mass is 10.2. The summed E-state index contributed by atoms with van der Waals surface area (Å²) in [5.41, 5.74) is 0.952. The van der Waals surface area contributed by atoms with E-state index < -0.39 is 0 Å². The van der Waals surface area contributed by atoms with Crippen molar-refractivity contribution in [3.8, 4) is 0 Å². The third-order valence-electron chi connectivity index (χ3n) is 1.17. The minimum Gasteiger partial charge on any atom is -0.0985 e. The first kappa shape index (κ1) is 9.70. The highest BCUT2D eigenvalue weighted by Gasteiger charge is 1.90. The summed E-state index contributed by atoms with van der Waals surface area (Å²) in [6.45, 7) is 9.56. The maximum atomic E-state index is 3.79. The standard InChI is InChI=1S/C9H13Br/c1-4-6-7-9(10)8(3)5-2/h5,7H,2-4,6H2,1H3/b9-7+. The van der Waals surface area contributed by atoms with Gasteiger partial charge < -0.3 is 0 Å². The lowest BCUT2D eigenvalue weighted by Gasteiger charge is -1.95. The van der Waals surface area contributed by atoms with Crippen molar-refractivity contribution in [1.29, 1.82) is 0 Å². The van der Waals surface area contributed by atoms with Gasteiger partial charge in [0.05, 0.1) is 0 Å². The maximum Gasteiger partial charge on any atom is 0.0201 e. The molecular formula is C9H13Br. The summed E-state index contributed by atoms with van der Waals surface area (Å²) >= 11 is 3.39. The van der Waals surface area contributed by atoms with Gasteiger partial charge in [-0.05, 0) is 12.0 Å². The number of hydrogen-bond donors (Lipinski definition) is 0. The molecule has 0 aliphatic rings. The Hall–Kier alpha value is -0.300. The molecule has 0 atom stereocenters. The molecule has 0 spiro atoms. The van der Waals surface area contributed by atoms with Gasteiger partial charge in [-0.2, -0.15) is 0 Å². The summed E-state index contributed by atoms with van der Waals surface area (Å²) < 4.78 is 1.06. The Balaban J connectivity index is 3.91. The molecule has 0 aliphatic carbocycles. The average Bonchev–Trinajstić information content (AvgIpc) is 1.98. The van der Waals surface area contributed by atoms with Crippen molar-refractivity contribution in [2.24, 2.45) is 0 Å². The van der Waals surface area contributed by atoms with Crippen LogP contribution in [-0.4, -0.2) is 0 Å². The second kappa shape index (κ2) is 5.48. The zero-order chi connectivity index (χ0) is 7.98. The van der Waals surface area contributed by atoms with Crippen LogP contribution in [0.3, 0.4) is 0 Å². The summed E-state index contributed by atoms with van der Waals surface area (Å²) in [4.78, 5) is 0. The Morgan fingerprint density at radius 2 is 2.20 bits per heavy atom. The molecule has 10 heavy (non-hydrogen) atoms. The molecule has 0 heterocycles. The predicted octanol–water partition coefficient (Wildman–Crippen LogP) is 3.81. The van der Waals surface area contributed by atoms with Crippen molar-refractivity contribution >= 4 is 15.9 Å². The van der Waals surface area contributed by atoms with E-state index in [1.165, 1.54) is 6.42 Å². The van der Waals surface area contributed by atoms with Crippen molar-refractivity contribution in [3.63, 3.8) is 0 Å². The summed E-state index contributed by atoms with van der Waals surface area (Å²) in [7, 11) is 0.